The lowest BCUT2D eigenvalue weighted by Crippen LogP contribution is -2.38. The van der Waals surface area contributed by atoms with Gasteiger partial charge >= 0.3 is 0 Å². The number of hydrogen-bond donors (Lipinski definition) is 1. The number of thioether (sulfide) groups is 1. The van der Waals surface area contributed by atoms with Gasteiger partial charge < -0.3 is 14.2 Å². The van der Waals surface area contributed by atoms with Gasteiger partial charge in [-0.1, -0.05) is 53.5 Å². The lowest BCUT2D eigenvalue weighted by molar-refractivity contribution is -0.122. The highest BCUT2D eigenvalue weighted by Gasteiger charge is 2.31. The molecule has 1 aromatic heterocycles. The Morgan fingerprint density at radius 2 is 1.89 bits per heavy atom. The molecule has 2 saturated heterocycles. The third kappa shape index (κ3) is 7.27. The Hall–Kier alpha value is -3.84. The number of nitrogens with one attached hydrogen (secondary N) is 1. The van der Waals surface area contributed by atoms with Crippen LogP contribution in [0.2, 0.25) is 0 Å². The number of H-pyrrole nitrogens is 1. The highest BCUT2D eigenvalue weighted by Crippen LogP contribution is 2.37. The summed E-state index contributed by atoms with van der Waals surface area (Å²) >= 11 is 6.92. The maximum absolute atomic E-state index is 13.3. The lowest BCUT2D eigenvalue weighted by Gasteiger charge is -2.26. The number of fused-ring (bicyclic) bond motifs is 1. The predicted octanol–water partition coefficient (Wildman–Crippen LogP) is 4.96. The number of nitrogens with zero attached hydrogens (tertiary/aromatic N) is 5. The number of carbonyl (C=O) groups excluding carboxylic acids is 1. The van der Waals surface area contributed by atoms with E-state index >= 15 is 0 Å². The zero-order valence-electron chi connectivity index (χ0n) is 24.5. The zero-order valence-corrected chi connectivity index (χ0v) is 26.2. The van der Waals surface area contributed by atoms with Crippen LogP contribution < -0.4 is 9.47 Å². The molecule has 2 fully saturated rings. The molecule has 0 bridgehead atoms. The third-order valence-electron chi connectivity index (χ3n) is 7.72. The summed E-state index contributed by atoms with van der Waals surface area (Å²) in [6, 6.07) is 18.5. The molecule has 0 aliphatic carbocycles. The molecule has 0 radical (unpaired) electrons. The maximum atomic E-state index is 13.3. The number of ether oxygens (including phenoxy) is 3. The molecule has 2 aliphatic heterocycles. The van der Waals surface area contributed by atoms with Gasteiger partial charge in [0.05, 0.1) is 25.2 Å². The van der Waals surface area contributed by atoms with Crippen LogP contribution in [0.4, 0.5) is 0 Å². The number of rotatable bonds is 12. The lowest BCUT2D eigenvalue weighted by atomic mass is 9.98. The largest absolute Gasteiger partial charge is 0.497 e. The second kappa shape index (κ2) is 14.3. The molecule has 1 amide bonds. The number of aromatic nitrogens is 4. The summed E-state index contributed by atoms with van der Waals surface area (Å²) in [6.45, 7) is 5.31. The average Bonchev–Trinajstić information content (AvgIpc) is 3.67. The van der Waals surface area contributed by atoms with Crippen molar-refractivity contribution >= 4 is 51.1 Å². The van der Waals surface area contributed by atoms with Gasteiger partial charge in [0.25, 0.3) is 5.91 Å². The first-order valence-corrected chi connectivity index (χ1v) is 15.9. The number of thiocarbonyl (C=S) groups is 1. The Morgan fingerprint density at radius 3 is 2.70 bits per heavy atom. The van der Waals surface area contributed by atoms with E-state index in [9.17, 15) is 4.79 Å². The Labute approximate surface area is 265 Å². The van der Waals surface area contributed by atoms with Gasteiger partial charge in [-0.25, -0.2) is 0 Å². The van der Waals surface area contributed by atoms with Crippen molar-refractivity contribution in [1.29, 1.82) is 0 Å². The molecule has 0 saturated carbocycles. The molecule has 4 aromatic rings. The van der Waals surface area contributed by atoms with Gasteiger partial charge in [0.15, 0.2) is 5.82 Å². The fourth-order valence-electron chi connectivity index (χ4n) is 5.30. The summed E-state index contributed by atoms with van der Waals surface area (Å²) in [5.41, 5.74) is 2.91. The molecule has 44 heavy (non-hydrogen) atoms. The standard InChI is InChI=1S/C32H34N6O4S2/c1-40-26-9-8-23-20-25(7-6-24(23)21-26)27-18-22(5-10-28(27)42-17-14-37-12-15-41-16-13-37)19-29-31(39)38(32(43)44-29)11-3-2-4-30-33-35-36-34-30/h5-10,18-21H,2-4,11-17H2,1H3,(H,33,34,35,36). The SMILES string of the molecule is COc1ccc2cc(-c3cc(C=C4SC(=S)N(CCCCc5nn[nH]n5)C4=O)ccc3OCCN3CCOCC3)ccc2c1. The predicted molar refractivity (Wildman–Crippen MR) is 176 cm³/mol. The minimum absolute atomic E-state index is 0.0633. The van der Waals surface area contributed by atoms with Crippen LogP contribution in [0.15, 0.2) is 59.5 Å². The van der Waals surface area contributed by atoms with Crippen LogP contribution >= 0.6 is 24.0 Å². The van der Waals surface area contributed by atoms with Crippen LogP contribution in [-0.4, -0.2) is 93.8 Å². The van der Waals surface area contributed by atoms with Crippen molar-refractivity contribution in [3.8, 4) is 22.6 Å². The molecule has 6 rings (SSSR count). The molecule has 3 heterocycles. The molecule has 10 nitrogen and oxygen atoms in total. The van der Waals surface area contributed by atoms with Crippen molar-refractivity contribution in [2.45, 2.75) is 19.3 Å². The van der Waals surface area contributed by atoms with E-state index in [2.05, 4.69) is 55.9 Å². The number of morpholine rings is 1. The molecular formula is C32H34N6O4S2. The average molecular weight is 631 g/mol. The Bertz CT molecular complexity index is 1660. The van der Waals surface area contributed by atoms with Crippen molar-refractivity contribution in [3.63, 3.8) is 0 Å². The Kier molecular flexibility index (Phi) is 9.81. The minimum atomic E-state index is -0.0633. The molecule has 0 spiro atoms. The fourth-order valence-corrected chi connectivity index (χ4v) is 6.61. The summed E-state index contributed by atoms with van der Waals surface area (Å²) < 4.78 is 17.8. The molecule has 12 heteroatoms. The number of hydrogen-bond acceptors (Lipinski definition) is 10. The van der Waals surface area contributed by atoms with E-state index in [0.29, 0.717) is 34.6 Å². The van der Waals surface area contributed by atoms with Gasteiger partial charge in [-0.3, -0.25) is 14.6 Å². The topological polar surface area (TPSA) is 106 Å². The fraction of sp³-hybridized carbons (Fsp3) is 0.344. The smallest absolute Gasteiger partial charge is 0.266 e. The van der Waals surface area contributed by atoms with Gasteiger partial charge in [0.2, 0.25) is 0 Å². The molecule has 2 aliphatic rings. The molecule has 0 atom stereocenters. The zero-order chi connectivity index (χ0) is 30.3. The molecule has 0 unspecified atom stereocenters. The van der Waals surface area contributed by atoms with Crippen molar-refractivity contribution in [2.75, 3.05) is 53.1 Å². The molecule has 3 aromatic carbocycles. The minimum Gasteiger partial charge on any atom is -0.497 e. The van der Waals surface area contributed by atoms with E-state index in [-0.39, 0.29) is 5.91 Å². The van der Waals surface area contributed by atoms with Gasteiger partial charge in [-0.05, 0) is 71.1 Å². The van der Waals surface area contributed by atoms with E-state index < -0.39 is 0 Å². The van der Waals surface area contributed by atoms with E-state index in [1.54, 1.807) is 12.0 Å². The maximum Gasteiger partial charge on any atom is 0.266 e. The van der Waals surface area contributed by atoms with Gasteiger partial charge in [0.1, 0.15) is 22.4 Å². The van der Waals surface area contributed by atoms with Crippen LogP contribution in [0, 0.1) is 0 Å². The number of methoxy groups -OCH3 is 1. The summed E-state index contributed by atoms with van der Waals surface area (Å²) in [4.78, 5) is 18.0. The van der Waals surface area contributed by atoms with Crippen LogP contribution in [0.25, 0.3) is 28.0 Å². The van der Waals surface area contributed by atoms with Crippen LogP contribution in [0.1, 0.15) is 24.2 Å². The number of tetrazole rings is 1. The van der Waals surface area contributed by atoms with E-state index in [4.69, 9.17) is 26.4 Å². The number of aromatic amines is 1. The number of unbranched alkanes of at least 4 members (excludes halogenated alkanes) is 1. The Morgan fingerprint density at radius 1 is 1.05 bits per heavy atom. The first kappa shape index (κ1) is 30.2. The summed E-state index contributed by atoms with van der Waals surface area (Å²) in [5, 5.41) is 16.2. The van der Waals surface area contributed by atoms with Crippen LogP contribution in [-0.2, 0) is 16.0 Å². The van der Waals surface area contributed by atoms with Crippen LogP contribution in [0.5, 0.6) is 11.5 Å². The van der Waals surface area contributed by atoms with Gasteiger partial charge in [-0.2, -0.15) is 5.21 Å². The van der Waals surface area contributed by atoms with E-state index in [1.165, 1.54) is 11.8 Å². The molecule has 1 N–H and O–H groups in total. The first-order chi connectivity index (χ1) is 21.6. The summed E-state index contributed by atoms with van der Waals surface area (Å²) in [7, 11) is 1.67. The van der Waals surface area contributed by atoms with Crippen molar-refractivity contribution in [1.82, 2.24) is 30.4 Å². The van der Waals surface area contributed by atoms with Gasteiger partial charge in [-0.15, -0.1) is 10.2 Å². The van der Waals surface area contributed by atoms with Crippen molar-refractivity contribution in [2.24, 2.45) is 0 Å². The van der Waals surface area contributed by atoms with E-state index in [0.717, 1.165) is 84.7 Å². The second-order valence-corrected chi connectivity index (χ2v) is 12.3. The highest BCUT2D eigenvalue weighted by atomic mass is 32.2. The second-order valence-electron chi connectivity index (χ2n) is 10.6. The Balaban J connectivity index is 1.21. The van der Waals surface area contributed by atoms with Crippen molar-refractivity contribution < 1.29 is 19.0 Å². The number of benzene rings is 3. The summed E-state index contributed by atoms with van der Waals surface area (Å²) in [5.74, 6) is 2.23. The molecular weight excluding hydrogens is 597 g/mol. The summed E-state index contributed by atoms with van der Waals surface area (Å²) in [6.07, 6.45) is 4.26. The monoisotopic (exact) mass is 630 g/mol. The van der Waals surface area contributed by atoms with E-state index in [1.807, 2.05) is 30.3 Å². The third-order valence-corrected chi connectivity index (χ3v) is 9.10. The first-order valence-electron chi connectivity index (χ1n) is 14.7. The number of amides is 1. The van der Waals surface area contributed by atoms with Gasteiger partial charge in [0, 0.05) is 38.2 Å². The molecule has 228 valence electrons. The number of carbonyl (C=O) groups is 1. The van der Waals surface area contributed by atoms with Crippen molar-refractivity contribution in [3.05, 3.63) is 70.9 Å². The normalized spacial score (nSPS) is 16.8. The van der Waals surface area contributed by atoms with Crippen LogP contribution in [0.3, 0.4) is 0 Å². The highest BCUT2D eigenvalue weighted by molar-refractivity contribution is 8.26. The quantitative estimate of drug-likeness (QED) is 0.131. The number of aryl methyl sites for hydroxylation is 1.